The fourth-order valence-electron chi connectivity index (χ4n) is 1.99. The predicted molar refractivity (Wildman–Crippen MR) is 82.9 cm³/mol. The lowest BCUT2D eigenvalue weighted by Gasteiger charge is -2.00. The lowest BCUT2D eigenvalue weighted by molar-refractivity contribution is -0.141. The zero-order chi connectivity index (χ0) is 18.0. The van der Waals surface area contributed by atoms with Crippen molar-refractivity contribution in [2.45, 2.75) is 12.6 Å². The Bertz CT molecular complexity index is 886. The summed E-state index contributed by atoms with van der Waals surface area (Å²) in [5.74, 6) is -1.13. The van der Waals surface area contributed by atoms with Gasteiger partial charge in [-0.1, -0.05) is 12.1 Å². The van der Waals surface area contributed by atoms with E-state index in [1.807, 2.05) is 0 Å². The van der Waals surface area contributed by atoms with E-state index in [0.717, 1.165) is 10.4 Å². The molecular formula is C15H10F4N4OS. The van der Waals surface area contributed by atoms with Crippen LogP contribution in [0.5, 0.6) is 0 Å². The summed E-state index contributed by atoms with van der Waals surface area (Å²) in [6.07, 6.45) is -2.57. The molecule has 0 aliphatic rings. The molecule has 0 saturated carbocycles. The van der Waals surface area contributed by atoms with Gasteiger partial charge in [-0.05, 0) is 17.7 Å². The third kappa shape index (κ3) is 4.21. The Kier molecular flexibility index (Phi) is 4.53. The van der Waals surface area contributed by atoms with Crippen LogP contribution >= 0.6 is 11.3 Å². The Labute approximate surface area is 142 Å². The van der Waals surface area contributed by atoms with Crippen molar-refractivity contribution in [1.29, 1.82) is 0 Å². The molecule has 0 fully saturated rings. The highest BCUT2D eigenvalue weighted by molar-refractivity contribution is 7.15. The van der Waals surface area contributed by atoms with E-state index in [4.69, 9.17) is 0 Å². The normalized spacial score (nSPS) is 11.5. The number of carbonyl (C=O) groups excluding carboxylic acids is 1. The van der Waals surface area contributed by atoms with E-state index in [1.165, 1.54) is 29.7 Å². The van der Waals surface area contributed by atoms with E-state index in [0.29, 0.717) is 12.5 Å². The molecule has 0 atom stereocenters. The third-order valence-corrected chi connectivity index (χ3v) is 4.09. The Morgan fingerprint density at radius 1 is 1.24 bits per heavy atom. The molecule has 0 radical (unpaired) electrons. The van der Waals surface area contributed by atoms with Gasteiger partial charge < -0.3 is 0 Å². The minimum Gasteiger partial charge on any atom is -0.296 e. The van der Waals surface area contributed by atoms with Crippen molar-refractivity contribution in [2.75, 3.05) is 5.32 Å². The number of halogens is 4. The number of amides is 1. The summed E-state index contributed by atoms with van der Waals surface area (Å²) in [7, 11) is 0. The van der Waals surface area contributed by atoms with Gasteiger partial charge in [0.05, 0.1) is 0 Å². The fourth-order valence-corrected chi connectivity index (χ4v) is 2.84. The van der Waals surface area contributed by atoms with Gasteiger partial charge in [-0.25, -0.2) is 9.37 Å². The van der Waals surface area contributed by atoms with Crippen LogP contribution in [0.3, 0.4) is 0 Å². The molecule has 2 N–H and O–H groups in total. The Morgan fingerprint density at radius 2 is 1.96 bits per heavy atom. The van der Waals surface area contributed by atoms with Gasteiger partial charge in [-0.2, -0.15) is 18.3 Å². The van der Waals surface area contributed by atoms with Gasteiger partial charge in [-0.3, -0.25) is 15.2 Å². The van der Waals surface area contributed by atoms with Gasteiger partial charge in [0.15, 0.2) is 10.8 Å². The Balaban J connectivity index is 1.65. The minimum absolute atomic E-state index is 0.235. The SMILES string of the molecule is O=C(Nc1ncc(Cc2ccc(F)cc2)s1)c1cc(C(F)(F)F)[nH]n1. The van der Waals surface area contributed by atoms with Crippen LogP contribution in [0, 0.1) is 5.82 Å². The number of aromatic amines is 1. The van der Waals surface area contributed by atoms with E-state index < -0.39 is 17.8 Å². The van der Waals surface area contributed by atoms with Crippen LogP contribution in [0.4, 0.5) is 22.7 Å². The molecule has 2 aromatic heterocycles. The average Bonchev–Trinajstić information content (AvgIpc) is 3.19. The zero-order valence-corrected chi connectivity index (χ0v) is 13.2. The summed E-state index contributed by atoms with van der Waals surface area (Å²) in [5.41, 5.74) is -0.624. The van der Waals surface area contributed by atoms with Crippen LogP contribution in [-0.4, -0.2) is 21.1 Å². The summed E-state index contributed by atoms with van der Waals surface area (Å²) in [6.45, 7) is 0. The number of carbonyl (C=O) groups is 1. The molecule has 0 saturated heterocycles. The van der Waals surface area contributed by atoms with Crippen molar-refractivity contribution in [2.24, 2.45) is 0 Å². The molecular weight excluding hydrogens is 360 g/mol. The molecule has 1 aromatic carbocycles. The number of rotatable bonds is 4. The molecule has 0 aliphatic carbocycles. The molecule has 10 heteroatoms. The molecule has 25 heavy (non-hydrogen) atoms. The maximum atomic E-state index is 12.9. The number of hydrogen-bond acceptors (Lipinski definition) is 4. The van der Waals surface area contributed by atoms with E-state index in [2.05, 4.69) is 15.4 Å². The third-order valence-electron chi connectivity index (χ3n) is 3.18. The van der Waals surface area contributed by atoms with Crippen molar-refractivity contribution in [3.8, 4) is 0 Å². The zero-order valence-electron chi connectivity index (χ0n) is 12.4. The second kappa shape index (κ2) is 6.63. The van der Waals surface area contributed by atoms with Crippen molar-refractivity contribution in [3.63, 3.8) is 0 Å². The van der Waals surface area contributed by atoms with Gasteiger partial charge in [0.2, 0.25) is 0 Å². The second-order valence-electron chi connectivity index (χ2n) is 5.05. The van der Waals surface area contributed by atoms with Gasteiger partial charge in [-0.15, -0.1) is 11.3 Å². The molecule has 130 valence electrons. The highest BCUT2D eigenvalue weighted by Gasteiger charge is 2.33. The summed E-state index contributed by atoms with van der Waals surface area (Å²) < 4.78 is 50.3. The van der Waals surface area contributed by atoms with Crippen LogP contribution in [0.25, 0.3) is 0 Å². The highest BCUT2D eigenvalue weighted by Crippen LogP contribution is 2.28. The number of anilines is 1. The molecule has 0 aliphatic heterocycles. The first-order chi connectivity index (χ1) is 11.8. The highest BCUT2D eigenvalue weighted by atomic mass is 32.1. The number of hydrogen-bond donors (Lipinski definition) is 2. The summed E-state index contributed by atoms with van der Waals surface area (Å²) in [6, 6.07) is 6.58. The maximum Gasteiger partial charge on any atom is 0.432 e. The number of H-pyrrole nitrogens is 1. The Hall–Kier alpha value is -2.75. The molecule has 3 rings (SSSR count). The van der Waals surface area contributed by atoms with Crippen LogP contribution in [0.15, 0.2) is 36.5 Å². The molecule has 2 heterocycles. The second-order valence-corrected chi connectivity index (χ2v) is 6.17. The van der Waals surface area contributed by atoms with Crippen LogP contribution < -0.4 is 5.32 Å². The maximum absolute atomic E-state index is 12.9. The minimum atomic E-state index is -4.60. The molecule has 0 bridgehead atoms. The number of aromatic nitrogens is 3. The number of alkyl halides is 3. The van der Waals surface area contributed by atoms with E-state index in [-0.39, 0.29) is 16.6 Å². The van der Waals surface area contributed by atoms with Crippen LogP contribution in [-0.2, 0) is 12.6 Å². The van der Waals surface area contributed by atoms with Gasteiger partial charge in [0, 0.05) is 23.6 Å². The number of nitrogens with zero attached hydrogens (tertiary/aromatic N) is 2. The van der Waals surface area contributed by atoms with Gasteiger partial charge in [0.1, 0.15) is 11.5 Å². The molecule has 5 nitrogen and oxygen atoms in total. The summed E-state index contributed by atoms with van der Waals surface area (Å²) >= 11 is 1.17. The molecule has 0 unspecified atom stereocenters. The van der Waals surface area contributed by atoms with Crippen LogP contribution in [0.2, 0.25) is 0 Å². The number of nitrogens with one attached hydrogen (secondary N) is 2. The lowest BCUT2D eigenvalue weighted by atomic mass is 10.1. The van der Waals surface area contributed by atoms with Crippen molar-refractivity contribution in [1.82, 2.24) is 15.2 Å². The van der Waals surface area contributed by atoms with Crippen molar-refractivity contribution < 1.29 is 22.4 Å². The number of thiazole rings is 1. The molecule has 3 aromatic rings. The standard InChI is InChI=1S/C15H10F4N4OS/c16-9-3-1-8(2-4-9)5-10-7-20-14(25-10)21-13(24)11-6-12(23-22-11)15(17,18)19/h1-4,6-7H,5H2,(H,22,23)(H,20,21,24). The largest absolute Gasteiger partial charge is 0.432 e. The van der Waals surface area contributed by atoms with Crippen molar-refractivity contribution >= 4 is 22.4 Å². The van der Waals surface area contributed by atoms with Gasteiger partial charge in [0.25, 0.3) is 5.91 Å². The van der Waals surface area contributed by atoms with E-state index in [1.54, 1.807) is 17.2 Å². The summed E-state index contributed by atoms with van der Waals surface area (Å²) in [5, 5.41) is 7.75. The first-order valence-electron chi connectivity index (χ1n) is 6.94. The monoisotopic (exact) mass is 370 g/mol. The van der Waals surface area contributed by atoms with Crippen LogP contribution in [0.1, 0.15) is 26.6 Å². The first kappa shape index (κ1) is 17.1. The molecule has 0 spiro atoms. The van der Waals surface area contributed by atoms with Gasteiger partial charge >= 0.3 is 6.18 Å². The summed E-state index contributed by atoms with van der Waals surface area (Å²) in [4.78, 5) is 16.7. The van der Waals surface area contributed by atoms with E-state index >= 15 is 0 Å². The quantitative estimate of drug-likeness (QED) is 0.685. The topological polar surface area (TPSA) is 70.7 Å². The average molecular weight is 370 g/mol. The fraction of sp³-hybridized carbons (Fsp3) is 0.133. The smallest absolute Gasteiger partial charge is 0.296 e. The number of benzene rings is 1. The van der Waals surface area contributed by atoms with Crippen molar-refractivity contribution in [3.05, 3.63) is 64.2 Å². The predicted octanol–water partition coefficient (Wildman–Crippen LogP) is 3.87. The molecule has 1 amide bonds. The van der Waals surface area contributed by atoms with E-state index in [9.17, 15) is 22.4 Å². The Morgan fingerprint density at radius 3 is 2.60 bits per heavy atom. The lowest BCUT2D eigenvalue weighted by Crippen LogP contribution is -2.12. The first-order valence-corrected chi connectivity index (χ1v) is 7.76.